The Balaban J connectivity index is 2.12. The predicted molar refractivity (Wildman–Crippen MR) is 82.7 cm³/mol. The number of fused-ring (bicyclic) bond motifs is 1. The van der Waals surface area contributed by atoms with E-state index in [0.29, 0.717) is 6.29 Å². The molecule has 0 radical (unpaired) electrons. The molecule has 134 valence electrons. The summed E-state index contributed by atoms with van der Waals surface area (Å²) in [6, 6.07) is 0. The zero-order valence-corrected chi connectivity index (χ0v) is 14.9. The highest BCUT2D eigenvalue weighted by molar-refractivity contribution is 14.1. The third-order valence-corrected chi connectivity index (χ3v) is 7.48. The Morgan fingerprint density at radius 1 is 1.25 bits per heavy atom. The minimum Gasteiger partial charge on any atom is -0.456 e. The smallest absolute Gasteiger partial charge is 0.337 e. The van der Waals surface area contributed by atoms with Gasteiger partial charge in [0.05, 0.1) is 21.2 Å². The van der Waals surface area contributed by atoms with Gasteiger partial charge in [-0.3, -0.25) is 4.79 Å². The van der Waals surface area contributed by atoms with Gasteiger partial charge >= 0.3 is 11.9 Å². The van der Waals surface area contributed by atoms with Crippen molar-refractivity contribution in [2.45, 2.75) is 40.5 Å². The second-order valence-electron chi connectivity index (χ2n) is 6.36. The summed E-state index contributed by atoms with van der Waals surface area (Å²) in [5, 5.41) is 32.0. The molecule has 0 aromatic rings. The van der Waals surface area contributed by atoms with E-state index in [0.717, 1.165) is 0 Å². The highest BCUT2D eigenvalue weighted by atomic mass is 127. The van der Waals surface area contributed by atoms with Crippen LogP contribution in [0.4, 0.5) is 0 Å². The van der Waals surface area contributed by atoms with E-state index in [1.807, 2.05) is 0 Å². The van der Waals surface area contributed by atoms with Crippen molar-refractivity contribution in [1.29, 1.82) is 0 Å². The zero-order valence-electron chi connectivity index (χ0n) is 12.8. The van der Waals surface area contributed by atoms with E-state index in [-0.39, 0.29) is 0 Å². The van der Waals surface area contributed by atoms with Crippen molar-refractivity contribution in [3.63, 3.8) is 0 Å². The van der Waals surface area contributed by atoms with Crippen molar-refractivity contribution in [2.75, 3.05) is 7.11 Å². The molecule has 1 saturated carbocycles. The SMILES string of the molecule is COC1OC(=O)[C@H](O)C1C1(I)C(C=O)[C@]2(O)C(OC(=O)[C@H]2C)[C@@H]1O. The van der Waals surface area contributed by atoms with Crippen molar-refractivity contribution in [1.82, 2.24) is 0 Å². The number of methoxy groups -OCH3 is 1. The molecule has 3 N–H and O–H groups in total. The number of aldehydes is 1. The Morgan fingerprint density at radius 2 is 1.88 bits per heavy atom. The number of aliphatic hydroxyl groups excluding tert-OH is 2. The lowest BCUT2D eigenvalue weighted by Crippen LogP contribution is -2.56. The van der Waals surface area contributed by atoms with Crippen LogP contribution in [0.5, 0.6) is 0 Å². The van der Waals surface area contributed by atoms with Gasteiger partial charge in [-0.15, -0.1) is 0 Å². The quantitative estimate of drug-likeness (QED) is 0.193. The van der Waals surface area contributed by atoms with E-state index < -0.39 is 63.3 Å². The Hall–Kier alpha value is -0.820. The molecule has 0 bridgehead atoms. The van der Waals surface area contributed by atoms with Gasteiger partial charge in [0, 0.05) is 7.11 Å². The molecular weight excluding hydrogens is 439 g/mol. The largest absolute Gasteiger partial charge is 0.456 e. The standard InChI is InChI=1S/C14H17IO9/c1-4-10(19)23-9-8(18)13(15,5(3-16)14(4,9)21)6-7(17)11(20)24-12(6)22-2/h3-9,12,17-18,21H,1-2H3/t4-,5?,6?,7-,8+,9?,12?,13?,14+/m1/s1. The molecule has 3 rings (SSSR count). The summed E-state index contributed by atoms with van der Waals surface area (Å²) < 4.78 is 13.5. The molecule has 10 heteroatoms. The number of hydrogen-bond acceptors (Lipinski definition) is 9. The van der Waals surface area contributed by atoms with E-state index in [1.165, 1.54) is 14.0 Å². The topological polar surface area (TPSA) is 140 Å². The maximum absolute atomic E-state index is 11.8. The Bertz CT molecular complexity index is 597. The molecule has 0 aromatic heterocycles. The first-order valence-corrected chi connectivity index (χ1v) is 8.40. The first-order valence-electron chi connectivity index (χ1n) is 7.32. The fourth-order valence-corrected chi connectivity index (χ4v) is 5.71. The van der Waals surface area contributed by atoms with E-state index >= 15 is 0 Å². The number of hydrogen-bond donors (Lipinski definition) is 3. The highest BCUT2D eigenvalue weighted by Gasteiger charge is 2.78. The van der Waals surface area contributed by atoms with Crippen molar-refractivity contribution < 1.29 is 43.9 Å². The Kier molecular flexibility index (Phi) is 4.19. The Labute approximate surface area is 150 Å². The molecule has 3 aliphatic rings. The van der Waals surface area contributed by atoms with Gasteiger partial charge in [-0.2, -0.15) is 0 Å². The number of rotatable bonds is 3. The summed E-state index contributed by atoms with van der Waals surface area (Å²) >= 11 is 1.73. The maximum atomic E-state index is 11.8. The van der Waals surface area contributed by atoms with Crippen LogP contribution < -0.4 is 0 Å². The summed E-state index contributed by atoms with van der Waals surface area (Å²) in [5.41, 5.74) is -1.96. The molecular formula is C14H17IO9. The average molecular weight is 456 g/mol. The summed E-state index contributed by atoms with van der Waals surface area (Å²) in [6.45, 7) is 1.40. The number of ether oxygens (including phenoxy) is 3. The Morgan fingerprint density at radius 3 is 2.42 bits per heavy atom. The predicted octanol–water partition coefficient (Wildman–Crippen LogP) is -1.85. The first-order chi connectivity index (χ1) is 11.1. The van der Waals surface area contributed by atoms with Crippen molar-refractivity contribution >= 4 is 40.8 Å². The summed E-state index contributed by atoms with van der Waals surface area (Å²) in [7, 11) is 1.25. The molecule has 5 unspecified atom stereocenters. The minimum absolute atomic E-state index is 0.413. The number of halogens is 1. The third-order valence-electron chi connectivity index (χ3n) is 5.45. The van der Waals surface area contributed by atoms with Gasteiger partial charge in [0.15, 0.2) is 12.2 Å². The van der Waals surface area contributed by atoms with E-state index in [2.05, 4.69) is 0 Å². The second-order valence-corrected chi connectivity index (χ2v) is 8.23. The zero-order chi connectivity index (χ0) is 18.0. The summed E-state index contributed by atoms with van der Waals surface area (Å²) in [5.74, 6) is -5.16. The molecule has 3 fully saturated rings. The van der Waals surface area contributed by atoms with Crippen LogP contribution >= 0.6 is 22.6 Å². The molecule has 24 heavy (non-hydrogen) atoms. The van der Waals surface area contributed by atoms with Gasteiger partial charge in [-0.1, -0.05) is 22.6 Å². The molecule has 9 atom stereocenters. The monoisotopic (exact) mass is 456 g/mol. The van der Waals surface area contributed by atoms with Crippen LogP contribution in [-0.4, -0.2) is 74.3 Å². The molecule has 1 aliphatic carbocycles. The van der Waals surface area contributed by atoms with Gasteiger partial charge < -0.3 is 34.3 Å². The molecule has 0 amide bonds. The number of carbonyl (C=O) groups is 3. The van der Waals surface area contributed by atoms with Crippen molar-refractivity contribution in [3.05, 3.63) is 0 Å². The van der Waals surface area contributed by atoms with Crippen LogP contribution in [0.15, 0.2) is 0 Å². The molecule has 2 aliphatic heterocycles. The average Bonchev–Trinajstić information content (AvgIpc) is 3.02. The minimum atomic E-state index is -1.96. The highest BCUT2D eigenvalue weighted by Crippen LogP contribution is 2.60. The van der Waals surface area contributed by atoms with Crippen molar-refractivity contribution in [3.8, 4) is 0 Å². The van der Waals surface area contributed by atoms with E-state index in [1.54, 1.807) is 22.6 Å². The van der Waals surface area contributed by atoms with Crippen LogP contribution in [0.1, 0.15) is 6.92 Å². The number of cyclic esters (lactones) is 1. The van der Waals surface area contributed by atoms with E-state index in [9.17, 15) is 29.7 Å². The van der Waals surface area contributed by atoms with Crippen LogP contribution in [0, 0.1) is 17.8 Å². The maximum Gasteiger partial charge on any atom is 0.337 e. The number of esters is 2. The molecule has 0 aromatic carbocycles. The lowest BCUT2D eigenvalue weighted by Gasteiger charge is -2.39. The molecule has 2 heterocycles. The van der Waals surface area contributed by atoms with Gasteiger partial charge in [-0.25, -0.2) is 4.79 Å². The van der Waals surface area contributed by atoms with Crippen LogP contribution in [0.3, 0.4) is 0 Å². The van der Waals surface area contributed by atoms with Crippen LogP contribution in [-0.2, 0) is 28.6 Å². The lowest BCUT2D eigenvalue weighted by molar-refractivity contribution is -0.165. The van der Waals surface area contributed by atoms with E-state index in [4.69, 9.17) is 14.2 Å². The molecule has 0 spiro atoms. The van der Waals surface area contributed by atoms with Gasteiger partial charge in [0.25, 0.3) is 0 Å². The normalized spacial score (nSPS) is 53.7. The van der Waals surface area contributed by atoms with Gasteiger partial charge in [-0.05, 0) is 6.92 Å². The third kappa shape index (κ3) is 1.91. The van der Waals surface area contributed by atoms with Crippen molar-refractivity contribution in [2.24, 2.45) is 17.8 Å². The fourth-order valence-electron chi connectivity index (χ4n) is 4.11. The van der Waals surface area contributed by atoms with Crippen LogP contribution in [0.2, 0.25) is 0 Å². The number of aliphatic hydroxyl groups is 3. The summed E-state index contributed by atoms with van der Waals surface area (Å²) in [4.78, 5) is 35.3. The molecule has 2 saturated heterocycles. The van der Waals surface area contributed by atoms with Gasteiger partial charge in [0.1, 0.15) is 18.0 Å². The van der Waals surface area contributed by atoms with Crippen LogP contribution in [0.25, 0.3) is 0 Å². The van der Waals surface area contributed by atoms with Gasteiger partial charge in [0.2, 0.25) is 6.29 Å². The fraction of sp³-hybridized carbons (Fsp3) is 0.786. The summed E-state index contributed by atoms with van der Waals surface area (Å²) in [6.07, 6.45) is -5.32. The number of alkyl halides is 1. The number of carbonyl (C=O) groups excluding carboxylic acids is 3. The second kappa shape index (κ2) is 5.59. The molecule has 9 nitrogen and oxygen atoms in total. The lowest BCUT2D eigenvalue weighted by atomic mass is 9.74. The first kappa shape index (κ1) is 18.0.